The van der Waals surface area contributed by atoms with Crippen molar-refractivity contribution in [2.24, 2.45) is 0 Å². The molecule has 2 saturated heterocycles. The standard InChI is InChI=1S/C18H25N3O3/c1-2-24-18(23)21-9-8-16(13-21)19-10-11-20(17(22)14-19)12-15-6-4-3-5-7-15/h3-7,16H,2,8-14H2,1H3. The average Bonchev–Trinajstić information content (AvgIpc) is 3.08. The van der Waals surface area contributed by atoms with Gasteiger partial charge in [0, 0.05) is 38.8 Å². The normalized spacial score (nSPS) is 22.0. The fourth-order valence-corrected chi connectivity index (χ4v) is 3.43. The highest BCUT2D eigenvalue weighted by Gasteiger charge is 2.34. The van der Waals surface area contributed by atoms with Crippen molar-refractivity contribution in [1.29, 1.82) is 0 Å². The van der Waals surface area contributed by atoms with Crippen molar-refractivity contribution in [3.63, 3.8) is 0 Å². The molecule has 24 heavy (non-hydrogen) atoms. The van der Waals surface area contributed by atoms with E-state index in [0.29, 0.717) is 32.8 Å². The molecule has 0 saturated carbocycles. The maximum atomic E-state index is 12.5. The summed E-state index contributed by atoms with van der Waals surface area (Å²) < 4.78 is 5.06. The Bertz CT molecular complexity index is 578. The fourth-order valence-electron chi connectivity index (χ4n) is 3.43. The van der Waals surface area contributed by atoms with Gasteiger partial charge in [-0.25, -0.2) is 4.79 Å². The molecule has 2 heterocycles. The van der Waals surface area contributed by atoms with Gasteiger partial charge in [-0.15, -0.1) is 0 Å². The van der Waals surface area contributed by atoms with Crippen LogP contribution in [0.15, 0.2) is 30.3 Å². The minimum Gasteiger partial charge on any atom is -0.450 e. The first-order chi connectivity index (χ1) is 11.7. The Morgan fingerprint density at radius 1 is 1.21 bits per heavy atom. The third-order valence-corrected chi connectivity index (χ3v) is 4.77. The number of piperazine rings is 1. The second kappa shape index (κ2) is 7.66. The number of amides is 2. The number of ether oxygens (including phenoxy) is 1. The molecule has 1 aromatic rings. The summed E-state index contributed by atoms with van der Waals surface area (Å²) in [6, 6.07) is 10.3. The minimum atomic E-state index is -0.242. The molecule has 2 amide bonds. The van der Waals surface area contributed by atoms with Gasteiger partial charge < -0.3 is 14.5 Å². The quantitative estimate of drug-likeness (QED) is 0.840. The molecule has 0 aliphatic carbocycles. The maximum absolute atomic E-state index is 12.5. The fraction of sp³-hybridized carbons (Fsp3) is 0.556. The van der Waals surface area contributed by atoms with Crippen molar-refractivity contribution in [3.8, 4) is 0 Å². The Balaban J connectivity index is 1.51. The number of carbonyl (C=O) groups is 2. The summed E-state index contributed by atoms with van der Waals surface area (Å²) in [7, 11) is 0. The summed E-state index contributed by atoms with van der Waals surface area (Å²) in [5.74, 6) is 0.166. The predicted molar refractivity (Wildman–Crippen MR) is 90.4 cm³/mol. The van der Waals surface area contributed by atoms with Crippen LogP contribution in [0.1, 0.15) is 18.9 Å². The van der Waals surface area contributed by atoms with E-state index in [1.54, 1.807) is 4.90 Å². The van der Waals surface area contributed by atoms with Gasteiger partial charge in [0.15, 0.2) is 0 Å². The van der Waals surface area contributed by atoms with Crippen molar-refractivity contribution in [3.05, 3.63) is 35.9 Å². The van der Waals surface area contributed by atoms with E-state index in [9.17, 15) is 9.59 Å². The van der Waals surface area contributed by atoms with E-state index in [4.69, 9.17) is 4.74 Å². The summed E-state index contributed by atoms with van der Waals surface area (Å²) in [6.45, 7) is 6.30. The van der Waals surface area contributed by atoms with Gasteiger partial charge in [0.2, 0.25) is 5.91 Å². The monoisotopic (exact) mass is 331 g/mol. The molecule has 2 aliphatic heterocycles. The van der Waals surface area contributed by atoms with E-state index < -0.39 is 0 Å². The molecular formula is C18H25N3O3. The van der Waals surface area contributed by atoms with Crippen LogP contribution < -0.4 is 0 Å². The van der Waals surface area contributed by atoms with E-state index in [0.717, 1.165) is 25.1 Å². The number of hydrogen-bond donors (Lipinski definition) is 0. The smallest absolute Gasteiger partial charge is 0.409 e. The molecule has 6 heteroatoms. The zero-order valence-electron chi connectivity index (χ0n) is 14.2. The van der Waals surface area contributed by atoms with Crippen molar-refractivity contribution < 1.29 is 14.3 Å². The lowest BCUT2D eigenvalue weighted by Crippen LogP contribution is -2.53. The van der Waals surface area contributed by atoms with Crippen molar-refractivity contribution >= 4 is 12.0 Å². The summed E-state index contributed by atoms with van der Waals surface area (Å²) in [5.41, 5.74) is 1.16. The molecule has 6 nitrogen and oxygen atoms in total. The molecule has 2 fully saturated rings. The van der Waals surface area contributed by atoms with Gasteiger partial charge >= 0.3 is 6.09 Å². The van der Waals surface area contributed by atoms with Gasteiger partial charge in [0.25, 0.3) is 0 Å². The topological polar surface area (TPSA) is 53.1 Å². The van der Waals surface area contributed by atoms with Crippen LogP contribution in [0.4, 0.5) is 4.79 Å². The first-order valence-electron chi connectivity index (χ1n) is 8.65. The molecule has 0 bridgehead atoms. The lowest BCUT2D eigenvalue weighted by molar-refractivity contribution is -0.137. The SMILES string of the molecule is CCOC(=O)N1CCC(N2CCN(Cc3ccccc3)C(=O)C2)C1. The van der Waals surface area contributed by atoms with E-state index >= 15 is 0 Å². The van der Waals surface area contributed by atoms with Crippen LogP contribution in [0.25, 0.3) is 0 Å². The lowest BCUT2D eigenvalue weighted by Gasteiger charge is -2.37. The van der Waals surface area contributed by atoms with E-state index in [-0.39, 0.29) is 18.0 Å². The van der Waals surface area contributed by atoms with E-state index in [2.05, 4.69) is 4.90 Å². The molecule has 1 atom stereocenters. The largest absolute Gasteiger partial charge is 0.450 e. The number of hydrogen-bond acceptors (Lipinski definition) is 4. The molecule has 0 radical (unpaired) electrons. The van der Waals surface area contributed by atoms with Gasteiger partial charge in [-0.2, -0.15) is 0 Å². The Kier molecular flexibility index (Phi) is 5.35. The molecule has 1 unspecified atom stereocenters. The Hall–Kier alpha value is -2.08. The number of rotatable bonds is 4. The number of nitrogens with zero attached hydrogens (tertiary/aromatic N) is 3. The minimum absolute atomic E-state index is 0.166. The zero-order chi connectivity index (χ0) is 16.9. The molecule has 0 spiro atoms. The highest BCUT2D eigenvalue weighted by Crippen LogP contribution is 2.19. The van der Waals surface area contributed by atoms with Crippen molar-refractivity contribution in [2.45, 2.75) is 25.9 Å². The number of benzene rings is 1. The van der Waals surface area contributed by atoms with Crippen LogP contribution >= 0.6 is 0 Å². The van der Waals surface area contributed by atoms with Crippen LogP contribution in [0.3, 0.4) is 0 Å². The average molecular weight is 331 g/mol. The van der Waals surface area contributed by atoms with Crippen LogP contribution in [-0.2, 0) is 16.1 Å². The van der Waals surface area contributed by atoms with Crippen LogP contribution in [0.5, 0.6) is 0 Å². The lowest BCUT2D eigenvalue weighted by atomic mass is 10.1. The second-order valence-electron chi connectivity index (χ2n) is 6.36. The Morgan fingerprint density at radius 2 is 2.00 bits per heavy atom. The summed E-state index contributed by atoms with van der Waals surface area (Å²) in [6.07, 6.45) is 0.666. The van der Waals surface area contributed by atoms with E-state index in [1.165, 1.54) is 0 Å². The van der Waals surface area contributed by atoms with Gasteiger partial charge in [-0.1, -0.05) is 30.3 Å². The zero-order valence-corrected chi connectivity index (χ0v) is 14.2. The highest BCUT2D eigenvalue weighted by atomic mass is 16.6. The molecule has 0 N–H and O–H groups in total. The molecule has 0 aromatic heterocycles. The summed E-state index contributed by atoms with van der Waals surface area (Å²) in [5, 5.41) is 0. The van der Waals surface area contributed by atoms with Crippen LogP contribution in [0, 0.1) is 0 Å². The number of carbonyl (C=O) groups excluding carboxylic acids is 2. The number of likely N-dealkylation sites (tertiary alicyclic amines) is 1. The molecule has 130 valence electrons. The Labute approximate surface area is 143 Å². The third-order valence-electron chi connectivity index (χ3n) is 4.77. The maximum Gasteiger partial charge on any atom is 0.409 e. The van der Waals surface area contributed by atoms with Crippen molar-refractivity contribution in [1.82, 2.24) is 14.7 Å². The molecular weight excluding hydrogens is 306 g/mol. The first kappa shape index (κ1) is 16.8. The highest BCUT2D eigenvalue weighted by molar-refractivity contribution is 5.79. The van der Waals surface area contributed by atoms with Gasteiger partial charge in [0.1, 0.15) is 0 Å². The predicted octanol–water partition coefficient (Wildman–Crippen LogP) is 1.56. The molecule has 1 aromatic carbocycles. The summed E-state index contributed by atoms with van der Waals surface area (Å²) >= 11 is 0. The van der Waals surface area contributed by atoms with Crippen molar-refractivity contribution in [2.75, 3.05) is 39.3 Å². The van der Waals surface area contributed by atoms with Crippen LogP contribution in [0.2, 0.25) is 0 Å². The second-order valence-corrected chi connectivity index (χ2v) is 6.36. The molecule has 3 rings (SSSR count). The Morgan fingerprint density at radius 3 is 2.71 bits per heavy atom. The van der Waals surface area contributed by atoms with E-state index in [1.807, 2.05) is 42.2 Å². The first-order valence-corrected chi connectivity index (χ1v) is 8.65. The molecule has 2 aliphatic rings. The third kappa shape index (κ3) is 3.87. The summed E-state index contributed by atoms with van der Waals surface area (Å²) in [4.78, 5) is 30.1. The van der Waals surface area contributed by atoms with Crippen LogP contribution in [-0.4, -0.2) is 72.1 Å². The van der Waals surface area contributed by atoms with Gasteiger partial charge in [-0.3, -0.25) is 9.69 Å². The van der Waals surface area contributed by atoms with Gasteiger partial charge in [-0.05, 0) is 18.9 Å². The van der Waals surface area contributed by atoms with Gasteiger partial charge in [0.05, 0.1) is 13.2 Å².